The zero-order chi connectivity index (χ0) is 27.0. The summed E-state index contributed by atoms with van der Waals surface area (Å²) in [4.78, 5) is 26.6. The molecule has 1 aromatic heterocycles. The van der Waals surface area contributed by atoms with Gasteiger partial charge in [0.15, 0.2) is 0 Å². The molecule has 0 radical (unpaired) electrons. The van der Waals surface area contributed by atoms with Crippen molar-refractivity contribution < 1.29 is 62.3 Å². The maximum absolute atomic E-state index is 13.1. The van der Waals surface area contributed by atoms with Gasteiger partial charge in [0.05, 0.1) is 0 Å². The van der Waals surface area contributed by atoms with E-state index in [4.69, 9.17) is 0 Å². The summed E-state index contributed by atoms with van der Waals surface area (Å²) in [6.45, 7) is 0.918. The molecule has 0 unspecified atom stereocenters. The van der Waals surface area contributed by atoms with Crippen LogP contribution in [0.3, 0.4) is 0 Å². The van der Waals surface area contributed by atoms with Gasteiger partial charge in [0, 0.05) is 0 Å². The molecule has 0 saturated carbocycles. The Morgan fingerprint density at radius 2 is 1.15 bits per heavy atom. The minimum atomic E-state index is -6.03. The van der Waals surface area contributed by atoms with Crippen LogP contribution in [-0.4, -0.2) is 62.6 Å². The lowest BCUT2D eigenvalue weighted by atomic mass is 9.94. The molecule has 3 amide bonds. The number of hydrogen-bond acceptors (Lipinski definition) is 4. The van der Waals surface area contributed by atoms with Crippen LogP contribution in [0.5, 0.6) is 0 Å². The summed E-state index contributed by atoms with van der Waals surface area (Å²) in [6.07, 6.45) is -27.4. The lowest BCUT2D eigenvalue weighted by Gasteiger charge is -2.36. The van der Waals surface area contributed by atoms with Crippen molar-refractivity contribution in [3.63, 3.8) is 0 Å². The van der Waals surface area contributed by atoms with Gasteiger partial charge in [-0.3, -0.25) is 5.32 Å². The standard InChI is InChI=1S/C14H14F12N6O2/c1-3-9(11(15,16)17,12(18,19)20)29-7(33)28-6-27-5-32(31-6)8(34)30-10(4-2,13(21,22)23)14(24,25)26/h5H,3-4H2,1-2H3,(H,30,34)(H2,28,29,31,33). The third-order valence-electron chi connectivity index (χ3n) is 4.57. The average Bonchev–Trinajstić information content (AvgIpc) is 3.08. The van der Waals surface area contributed by atoms with E-state index in [1.54, 1.807) is 0 Å². The number of carbonyl (C=O) groups excluding carboxylic acids is 2. The van der Waals surface area contributed by atoms with Gasteiger partial charge in [-0.15, -0.1) is 5.10 Å². The number of hydrogen-bond donors (Lipinski definition) is 3. The lowest BCUT2D eigenvalue weighted by molar-refractivity contribution is -0.305. The highest BCUT2D eigenvalue weighted by Gasteiger charge is 2.71. The first-order valence-corrected chi connectivity index (χ1v) is 8.68. The van der Waals surface area contributed by atoms with Gasteiger partial charge in [-0.05, 0) is 12.8 Å². The van der Waals surface area contributed by atoms with Gasteiger partial charge in [-0.1, -0.05) is 13.8 Å². The molecular weight excluding hydrogens is 512 g/mol. The molecule has 1 aromatic rings. The molecule has 1 heterocycles. The molecule has 3 N–H and O–H groups in total. The Morgan fingerprint density at radius 1 is 0.765 bits per heavy atom. The Labute approximate surface area is 181 Å². The number of rotatable bonds is 5. The number of amides is 3. The van der Waals surface area contributed by atoms with Gasteiger partial charge >= 0.3 is 36.8 Å². The molecule has 0 aromatic carbocycles. The number of aromatic nitrogens is 3. The fourth-order valence-electron chi connectivity index (χ4n) is 2.57. The molecule has 20 heteroatoms. The monoisotopic (exact) mass is 526 g/mol. The van der Waals surface area contributed by atoms with Crippen LogP contribution in [0.1, 0.15) is 26.7 Å². The summed E-state index contributed by atoms with van der Waals surface area (Å²) in [5.74, 6) is -1.22. The van der Waals surface area contributed by atoms with E-state index in [0.29, 0.717) is 24.5 Å². The van der Waals surface area contributed by atoms with E-state index in [-0.39, 0.29) is 11.0 Å². The maximum Gasteiger partial charge on any atom is 0.420 e. The van der Waals surface area contributed by atoms with Crippen LogP contribution in [-0.2, 0) is 0 Å². The van der Waals surface area contributed by atoms with Crippen LogP contribution in [0.25, 0.3) is 0 Å². The van der Waals surface area contributed by atoms with Crippen molar-refractivity contribution in [3.8, 4) is 0 Å². The fraction of sp³-hybridized carbons (Fsp3) is 0.714. The molecule has 8 nitrogen and oxygen atoms in total. The van der Waals surface area contributed by atoms with Crippen molar-refractivity contribution >= 4 is 18.0 Å². The SMILES string of the molecule is CCC(NC(=O)Nc1ncn(C(=O)NC(CC)(C(F)(F)F)C(F)(F)F)n1)(C(F)(F)F)C(F)(F)F. The highest BCUT2D eigenvalue weighted by molar-refractivity contribution is 5.88. The van der Waals surface area contributed by atoms with Crippen LogP contribution in [0, 0.1) is 0 Å². The minimum Gasteiger partial charge on any atom is -0.316 e. The summed E-state index contributed by atoms with van der Waals surface area (Å²) < 4.78 is 156. The number of urea groups is 1. The number of halogens is 12. The highest BCUT2D eigenvalue weighted by Crippen LogP contribution is 2.46. The predicted octanol–water partition coefficient (Wildman–Crippen LogP) is 4.50. The van der Waals surface area contributed by atoms with Crippen LogP contribution < -0.4 is 16.0 Å². The van der Waals surface area contributed by atoms with E-state index in [0.717, 1.165) is 0 Å². The molecule has 0 saturated heterocycles. The molecule has 0 spiro atoms. The summed E-state index contributed by atoms with van der Waals surface area (Å²) in [7, 11) is 0. The van der Waals surface area contributed by atoms with Crippen LogP contribution in [0.15, 0.2) is 6.33 Å². The van der Waals surface area contributed by atoms with Crippen molar-refractivity contribution in [3.05, 3.63) is 6.33 Å². The zero-order valence-electron chi connectivity index (χ0n) is 16.7. The summed E-state index contributed by atoms with van der Waals surface area (Å²) in [6, 6.07) is -4.37. The van der Waals surface area contributed by atoms with Crippen molar-refractivity contribution in [2.75, 3.05) is 5.32 Å². The minimum absolute atomic E-state index is 0.151. The summed E-state index contributed by atoms with van der Waals surface area (Å²) in [5, 5.41) is 5.53. The lowest BCUT2D eigenvalue weighted by Crippen LogP contribution is -2.67. The van der Waals surface area contributed by atoms with E-state index in [1.807, 2.05) is 0 Å². The quantitative estimate of drug-likeness (QED) is 0.492. The Kier molecular flexibility index (Phi) is 7.70. The Hall–Kier alpha value is -2.96. The summed E-state index contributed by atoms with van der Waals surface area (Å²) >= 11 is 0. The van der Waals surface area contributed by atoms with E-state index in [2.05, 4.69) is 10.1 Å². The second kappa shape index (κ2) is 9.01. The molecule has 34 heavy (non-hydrogen) atoms. The molecule has 196 valence electrons. The van der Waals surface area contributed by atoms with Crippen molar-refractivity contribution in [2.45, 2.75) is 62.5 Å². The highest BCUT2D eigenvalue weighted by atomic mass is 19.4. The largest absolute Gasteiger partial charge is 0.420 e. The number of alkyl halides is 12. The first-order valence-electron chi connectivity index (χ1n) is 8.68. The van der Waals surface area contributed by atoms with Gasteiger partial charge in [-0.25, -0.2) is 9.59 Å². The van der Waals surface area contributed by atoms with Crippen LogP contribution in [0.2, 0.25) is 0 Å². The fourth-order valence-corrected chi connectivity index (χ4v) is 2.57. The molecule has 0 aliphatic heterocycles. The van der Waals surface area contributed by atoms with Gasteiger partial charge in [0.25, 0.3) is 5.95 Å². The molecule has 0 aliphatic carbocycles. The first kappa shape index (κ1) is 29.1. The Bertz CT molecular complexity index is 857. The van der Waals surface area contributed by atoms with E-state index in [1.165, 1.54) is 5.32 Å². The Balaban J connectivity index is 3.14. The maximum atomic E-state index is 13.1. The molecule has 1 rings (SSSR count). The zero-order valence-corrected chi connectivity index (χ0v) is 16.7. The number of carbonyl (C=O) groups is 2. The van der Waals surface area contributed by atoms with Crippen molar-refractivity contribution in [2.24, 2.45) is 0 Å². The molecule has 0 fully saturated rings. The number of nitrogens with one attached hydrogen (secondary N) is 3. The van der Waals surface area contributed by atoms with Gasteiger partial charge < -0.3 is 10.6 Å². The topological polar surface area (TPSA) is 101 Å². The Morgan fingerprint density at radius 3 is 1.50 bits per heavy atom. The molecule has 0 aliphatic rings. The van der Waals surface area contributed by atoms with Gasteiger partial charge in [-0.2, -0.15) is 62.4 Å². The number of nitrogens with zero attached hydrogens (tertiary/aromatic N) is 3. The molecule has 0 atom stereocenters. The normalized spacial score (nSPS) is 14.1. The van der Waals surface area contributed by atoms with Gasteiger partial charge in [0.2, 0.25) is 11.1 Å². The van der Waals surface area contributed by atoms with Crippen molar-refractivity contribution in [1.82, 2.24) is 25.4 Å². The van der Waals surface area contributed by atoms with E-state index in [9.17, 15) is 62.3 Å². The van der Waals surface area contributed by atoms with Crippen LogP contribution in [0.4, 0.5) is 68.2 Å². The molecular formula is C14H14F12N6O2. The third kappa shape index (κ3) is 5.24. The smallest absolute Gasteiger partial charge is 0.316 e. The van der Waals surface area contributed by atoms with E-state index >= 15 is 0 Å². The average molecular weight is 526 g/mol. The third-order valence-corrected chi connectivity index (χ3v) is 4.57. The van der Waals surface area contributed by atoms with Gasteiger partial charge in [0.1, 0.15) is 6.33 Å². The van der Waals surface area contributed by atoms with E-state index < -0.39 is 66.6 Å². The first-order chi connectivity index (χ1) is 15.1. The molecule has 0 bridgehead atoms. The van der Waals surface area contributed by atoms with Crippen LogP contribution >= 0.6 is 0 Å². The predicted molar refractivity (Wildman–Crippen MR) is 86.4 cm³/mol. The summed E-state index contributed by atoms with van der Waals surface area (Å²) in [5.41, 5.74) is -9.45. The number of anilines is 1. The van der Waals surface area contributed by atoms with Crippen molar-refractivity contribution in [1.29, 1.82) is 0 Å². The second-order valence-electron chi connectivity index (χ2n) is 6.53. The second-order valence-corrected chi connectivity index (χ2v) is 6.53.